The molecule has 0 radical (unpaired) electrons. The Kier molecular flexibility index (Phi) is 5.36. The lowest BCUT2D eigenvalue weighted by Gasteiger charge is -2.27. The summed E-state index contributed by atoms with van der Waals surface area (Å²) >= 11 is 1.31. The molecule has 27 heavy (non-hydrogen) atoms. The van der Waals surface area contributed by atoms with Gasteiger partial charge in [-0.25, -0.2) is 0 Å². The van der Waals surface area contributed by atoms with E-state index in [1.807, 2.05) is 0 Å². The lowest BCUT2D eigenvalue weighted by Crippen LogP contribution is -2.50. The van der Waals surface area contributed by atoms with E-state index < -0.39 is 23.8 Å². The summed E-state index contributed by atoms with van der Waals surface area (Å²) in [7, 11) is 0. The first-order valence-electron chi connectivity index (χ1n) is 8.89. The molecule has 1 aliphatic rings. The fourth-order valence-corrected chi connectivity index (χ4v) is 4.05. The van der Waals surface area contributed by atoms with Crippen molar-refractivity contribution in [3.63, 3.8) is 0 Å². The van der Waals surface area contributed by atoms with Crippen molar-refractivity contribution >= 4 is 34.2 Å². The van der Waals surface area contributed by atoms with Gasteiger partial charge in [-0.3, -0.25) is 24.6 Å². The van der Waals surface area contributed by atoms with Crippen molar-refractivity contribution in [3.8, 4) is 0 Å². The highest BCUT2D eigenvalue weighted by molar-refractivity contribution is 7.15. The zero-order valence-corrected chi connectivity index (χ0v) is 16.5. The van der Waals surface area contributed by atoms with Crippen LogP contribution in [0.25, 0.3) is 0 Å². The predicted molar refractivity (Wildman–Crippen MR) is 103 cm³/mol. The van der Waals surface area contributed by atoms with E-state index in [9.17, 15) is 14.4 Å². The third-order valence-corrected chi connectivity index (χ3v) is 5.14. The maximum atomic E-state index is 12.9. The van der Waals surface area contributed by atoms with Crippen molar-refractivity contribution in [2.45, 2.75) is 40.2 Å². The Morgan fingerprint density at radius 1 is 1.07 bits per heavy atom. The lowest BCUT2D eigenvalue weighted by molar-refractivity contribution is -0.121. The van der Waals surface area contributed by atoms with Crippen LogP contribution >= 0.6 is 11.3 Å². The summed E-state index contributed by atoms with van der Waals surface area (Å²) in [5.41, 5.74) is 0.659. The number of rotatable bonds is 6. The topological polar surface area (TPSA) is 92.3 Å². The lowest BCUT2D eigenvalue weighted by atomic mass is 10.0. The molecule has 1 aromatic heterocycles. The van der Waals surface area contributed by atoms with Gasteiger partial charge in [-0.05, 0) is 24.0 Å². The first-order chi connectivity index (χ1) is 12.8. The minimum Gasteiger partial charge on any atom is -0.299 e. The zero-order chi connectivity index (χ0) is 19.7. The molecular formula is C19H22N4O3S. The van der Waals surface area contributed by atoms with Gasteiger partial charge in [0.2, 0.25) is 11.0 Å². The van der Waals surface area contributed by atoms with Crippen LogP contribution in [-0.4, -0.2) is 38.9 Å². The van der Waals surface area contributed by atoms with Crippen molar-refractivity contribution < 1.29 is 14.4 Å². The largest absolute Gasteiger partial charge is 0.299 e. The molecule has 0 saturated heterocycles. The number of carbonyl (C=O) groups excluding carboxylic acids is 3. The van der Waals surface area contributed by atoms with Gasteiger partial charge in [-0.2, -0.15) is 0 Å². The molecule has 1 unspecified atom stereocenters. The number of carbonyl (C=O) groups is 3. The fraction of sp³-hybridized carbons (Fsp3) is 0.421. The van der Waals surface area contributed by atoms with Crippen LogP contribution in [0.5, 0.6) is 0 Å². The SMILES string of the molecule is CC(C)Cc1nnc(NC(=O)C(C(C)C)N2C(=O)c3ccccc3C2=O)s1. The molecule has 0 bridgehead atoms. The van der Waals surface area contributed by atoms with Crippen molar-refractivity contribution in [2.75, 3.05) is 5.32 Å². The van der Waals surface area contributed by atoms with E-state index in [1.165, 1.54) is 11.3 Å². The Labute approximate surface area is 161 Å². The maximum Gasteiger partial charge on any atom is 0.262 e. The first-order valence-corrected chi connectivity index (χ1v) is 9.71. The summed E-state index contributed by atoms with van der Waals surface area (Å²) in [5.74, 6) is -1.14. The van der Waals surface area contributed by atoms with Gasteiger partial charge >= 0.3 is 0 Å². The quantitative estimate of drug-likeness (QED) is 0.771. The molecule has 2 aromatic rings. The minimum absolute atomic E-state index is 0.254. The molecule has 7 nitrogen and oxygen atoms in total. The Bertz CT molecular complexity index is 856. The van der Waals surface area contributed by atoms with E-state index in [4.69, 9.17) is 0 Å². The standard InChI is InChI=1S/C19H22N4O3S/c1-10(2)9-14-21-22-19(27-14)20-16(24)15(11(3)4)23-17(25)12-7-5-6-8-13(12)18(23)26/h5-8,10-11,15H,9H2,1-4H3,(H,20,22,24). The molecular weight excluding hydrogens is 364 g/mol. The highest BCUT2D eigenvalue weighted by Crippen LogP contribution is 2.28. The molecule has 8 heteroatoms. The predicted octanol–water partition coefficient (Wildman–Crippen LogP) is 3.00. The number of imide groups is 1. The first kappa shape index (κ1) is 19.2. The Balaban J connectivity index is 1.82. The van der Waals surface area contributed by atoms with Gasteiger partial charge in [0.15, 0.2) is 0 Å². The zero-order valence-electron chi connectivity index (χ0n) is 15.7. The van der Waals surface area contributed by atoms with Crippen LogP contribution < -0.4 is 5.32 Å². The number of aromatic nitrogens is 2. The minimum atomic E-state index is -0.921. The Morgan fingerprint density at radius 3 is 2.19 bits per heavy atom. The molecule has 1 N–H and O–H groups in total. The molecule has 1 atom stereocenters. The second-order valence-corrected chi connectivity index (χ2v) is 8.36. The normalized spacial score (nSPS) is 14.8. The van der Waals surface area contributed by atoms with E-state index in [0.29, 0.717) is 22.2 Å². The average Bonchev–Trinajstić information content (AvgIpc) is 3.12. The van der Waals surface area contributed by atoms with Gasteiger partial charge in [0.25, 0.3) is 11.8 Å². The molecule has 0 fully saturated rings. The number of hydrogen-bond donors (Lipinski definition) is 1. The van der Waals surface area contributed by atoms with Crippen molar-refractivity contribution in [3.05, 3.63) is 40.4 Å². The molecule has 142 valence electrons. The van der Waals surface area contributed by atoms with Crippen LogP contribution in [0.3, 0.4) is 0 Å². The van der Waals surface area contributed by atoms with Crippen LogP contribution in [0, 0.1) is 11.8 Å². The van der Waals surface area contributed by atoms with E-state index in [2.05, 4.69) is 29.4 Å². The maximum absolute atomic E-state index is 12.9. The smallest absolute Gasteiger partial charge is 0.262 e. The van der Waals surface area contributed by atoms with Gasteiger partial charge in [-0.15, -0.1) is 10.2 Å². The molecule has 0 aliphatic carbocycles. The van der Waals surface area contributed by atoms with E-state index >= 15 is 0 Å². The van der Waals surface area contributed by atoms with E-state index in [1.54, 1.807) is 38.1 Å². The highest BCUT2D eigenvalue weighted by Gasteiger charge is 2.44. The van der Waals surface area contributed by atoms with E-state index in [0.717, 1.165) is 16.3 Å². The summed E-state index contributed by atoms with van der Waals surface area (Å²) in [6.07, 6.45) is 0.777. The van der Waals surface area contributed by atoms with Crippen molar-refractivity contribution in [2.24, 2.45) is 11.8 Å². The number of fused-ring (bicyclic) bond motifs is 1. The Hall–Kier alpha value is -2.61. The second-order valence-electron chi connectivity index (χ2n) is 7.30. The molecule has 0 saturated carbocycles. The summed E-state index contributed by atoms with van der Waals surface area (Å²) in [4.78, 5) is 39.4. The molecule has 1 aliphatic heterocycles. The summed E-state index contributed by atoms with van der Waals surface area (Å²) in [6.45, 7) is 7.77. The number of nitrogens with one attached hydrogen (secondary N) is 1. The number of anilines is 1. The Morgan fingerprint density at radius 2 is 1.67 bits per heavy atom. The van der Waals surface area contributed by atoms with Gasteiger partial charge in [0.05, 0.1) is 11.1 Å². The van der Waals surface area contributed by atoms with Crippen LogP contribution in [-0.2, 0) is 11.2 Å². The average molecular weight is 386 g/mol. The number of benzene rings is 1. The van der Waals surface area contributed by atoms with Gasteiger partial charge in [-0.1, -0.05) is 51.2 Å². The van der Waals surface area contributed by atoms with Gasteiger partial charge in [0.1, 0.15) is 11.0 Å². The van der Waals surface area contributed by atoms with Crippen LogP contribution in [0.15, 0.2) is 24.3 Å². The molecule has 0 spiro atoms. The molecule has 3 amide bonds. The van der Waals surface area contributed by atoms with E-state index in [-0.39, 0.29) is 5.92 Å². The molecule has 3 rings (SSSR count). The van der Waals surface area contributed by atoms with Crippen LogP contribution in [0.1, 0.15) is 53.4 Å². The number of nitrogens with zero attached hydrogens (tertiary/aromatic N) is 3. The molecule has 1 aromatic carbocycles. The number of amides is 3. The molecule has 2 heterocycles. The fourth-order valence-electron chi connectivity index (χ4n) is 3.09. The third kappa shape index (κ3) is 3.75. The van der Waals surface area contributed by atoms with Gasteiger partial charge < -0.3 is 0 Å². The summed E-state index contributed by atoms with van der Waals surface area (Å²) < 4.78 is 0. The van der Waals surface area contributed by atoms with Crippen LogP contribution in [0.4, 0.5) is 5.13 Å². The second kappa shape index (κ2) is 7.56. The number of hydrogen-bond acceptors (Lipinski definition) is 6. The van der Waals surface area contributed by atoms with Gasteiger partial charge in [0, 0.05) is 6.42 Å². The van der Waals surface area contributed by atoms with Crippen molar-refractivity contribution in [1.29, 1.82) is 0 Å². The monoisotopic (exact) mass is 386 g/mol. The van der Waals surface area contributed by atoms with Crippen LogP contribution in [0.2, 0.25) is 0 Å². The highest BCUT2D eigenvalue weighted by atomic mass is 32.1. The summed E-state index contributed by atoms with van der Waals surface area (Å²) in [5, 5.41) is 12.0. The third-order valence-electron chi connectivity index (χ3n) is 4.28. The van der Waals surface area contributed by atoms with Crippen molar-refractivity contribution in [1.82, 2.24) is 15.1 Å². The summed E-state index contributed by atoms with van der Waals surface area (Å²) in [6, 6.07) is 5.70.